The van der Waals surface area contributed by atoms with Crippen molar-refractivity contribution in [2.45, 2.75) is 13.3 Å². The molecule has 0 aliphatic carbocycles. The second kappa shape index (κ2) is 2.90. The van der Waals surface area contributed by atoms with Crippen molar-refractivity contribution in [3.63, 3.8) is 0 Å². The van der Waals surface area contributed by atoms with Crippen molar-refractivity contribution in [1.29, 1.82) is 0 Å². The van der Waals surface area contributed by atoms with Crippen LogP contribution in [0.3, 0.4) is 0 Å². The summed E-state index contributed by atoms with van der Waals surface area (Å²) in [6, 6.07) is 0.750. The summed E-state index contributed by atoms with van der Waals surface area (Å²) in [5.74, 6) is -0.870. The molecular formula is C7H6F3N. The Morgan fingerprint density at radius 2 is 2.09 bits per heavy atom. The lowest BCUT2D eigenvalue weighted by Gasteiger charge is -2.02. The van der Waals surface area contributed by atoms with E-state index in [4.69, 9.17) is 0 Å². The Morgan fingerprint density at radius 1 is 1.45 bits per heavy atom. The molecular weight excluding hydrogens is 155 g/mol. The molecule has 0 spiro atoms. The first kappa shape index (κ1) is 8.04. The molecule has 1 aromatic heterocycles. The lowest BCUT2D eigenvalue weighted by Crippen LogP contribution is -1.93. The van der Waals surface area contributed by atoms with Crippen LogP contribution in [-0.4, -0.2) is 4.98 Å². The number of nitrogens with zero attached hydrogens (tertiary/aromatic N) is 1. The van der Waals surface area contributed by atoms with Crippen molar-refractivity contribution < 1.29 is 13.2 Å². The molecule has 0 bridgehead atoms. The van der Waals surface area contributed by atoms with E-state index in [1.807, 2.05) is 0 Å². The van der Waals surface area contributed by atoms with E-state index < -0.39 is 12.4 Å². The maximum Gasteiger partial charge on any atom is 0.264 e. The van der Waals surface area contributed by atoms with Crippen LogP contribution in [0, 0.1) is 12.9 Å². The molecule has 0 radical (unpaired) electrons. The molecule has 1 rings (SSSR count). The van der Waals surface area contributed by atoms with E-state index in [9.17, 15) is 13.2 Å². The molecule has 0 fully saturated rings. The van der Waals surface area contributed by atoms with Gasteiger partial charge in [0.15, 0.2) is 0 Å². The molecule has 0 aliphatic rings. The smallest absolute Gasteiger partial charge is 0.228 e. The third-order valence-electron chi connectivity index (χ3n) is 1.35. The van der Waals surface area contributed by atoms with Gasteiger partial charge in [0.25, 0.3) is 6.43 Å². The molecule has 0 saturated carbocycles. The number of alkyl halides is 2. The highest BCUT2D eigenvalue weighted by atomic mass is 19.3. The highest BCUT2D eigenvalue weighted by molar-refractivity contribution is 5.22. The van der Waals surface area contributed by atoms with Crippen molar-refractivity contribution in [2.24, 2.45) is 0 Å². The topological polar surface area (TPSA) is 12.9 Å². The number of aromatic nitrogens is 1. The number of pyridine rings is 1. The summed E-state index contributed by atoms with van der Waals surface area (Å²) in [4.78, 5) is 3.22. The summed E-state index contributed by atoms with van der Waals surface area (Å²) in [5.41, 5.74) is 0.0129. The van der Waals surface area contributed by atoms with Crippen molar-refractivity contribution in [3.8, 4) is 0 Å². The Kier molecular flexibility index (Phi) is 2.12. The quantitative estimate of drug-likeness (QED) is 0.576. The summed E-state index contributed by atoms with van der Waals surface area (Å²) in [7, 11) is 0. The van der Waals surface area contributed by atoms with Crippen LogP contribution in [0.2, 0.25) is 0 Å². The molecule has 4 heteroatoms. The summed E-state index contributed by atoms with van der Waals surface area (Å²) in [6.07, 6.45) is -1.54. The lowest BCUT2D eigenvalue weighted by atomic mass is 10.2. The van der Waals surface area contributed by atoms with Crippen LogP contribution in [0.15, 0.2) is 12.3 Å². The predicted octanol–water partition coefficient (Wildman–Crippen LogP) is 2.47. The van der Waals surface area contributed by atoms with Gasteiger partial charge < -0.3 is 0 Å². The second-order valence-electron chi connectivity index (χ2n) is 2.16. The summed E-state index contributed by atoms with van der Waals surface area (Å²) < 4.78 is 36.3. The maximum absolute atomic E-state index is 12.3. The molecule has 11 heavy (non-hydrogen) atoms. The first-order valence-corrected chi connectivity index (χ1v) is 3.01. The van der Waals surface area contributed by atoms with E-state index in [1.165, 1.54) is 6.92 Å². The lowest BCUT2D eigenvalue weighted by molar-refractivity contribution is 0.150. The van der Waals surface area contributed by atoms with E-state index in [1.54, 1.807) is 0 Å². The summed E-state index contributed by atoms with van der Waals surface area (Å²) >= 11 is 0. The maximum atomic E-state index is 12.3. The molecule has 1 heterocycles. The fourth-order valence-corrected chi connectivity index (χ4v) is 0.748. The van der Waals surface area contributed by atoms with Gasteiger partial charge in [-0.15, -0.1) is 0 Å². The summed E-state index contributed by atoms with van der Waals surface area (Å²) in [5, 5.41) is 0. The molecule has 0 aromatic carbocycles. The van der Waals surface area contributed by atoms with Gasteiger partial charge in [-0.25, -0.2) is 13.8 Å². The van der Waals surface area contributed by atoms with Gasteiger partial charge in [-0.3, -0.25) is 0 Å². The van der Waals surface area contributed by atoms with Crippen LogP contribution in [0.1, 0.15) is 17.6 Å². The molecule has 0 saturated heterocycles. The zero-order valence-corrected chi connectivity index (χ0v) is 5.81. The predicted molar refractivity (Wildman–Crippen MR) is 33.9 cm³/mol. The number of halogens is 3. The fraction of sp³-hybridized carbons (Fsp3) is 0.286. The minimum atomic E-state index is -2.63. The van der Waals surface area contributed by atoms with Crippen molar-refractivity contribution in [3.05, 3.63) is 29.3 Å². The first-order chi connectivity index (χ1) is 5.11. The van der Waals surface area contributed by atoms with Crippen LogP contribution >= 0.6 is 0 Å². The van der Waals surface area contributed by atoms with Gasteiger partial charge in [0, 0.05) is 17.8 Å². The molecule has 1 nitrogen and oxygen atoms in total. The average Bonchev–Trinajstić information content (AvgIpc) is 1.94. The minimum absolute atomic E-state index is 0.294. The average molecular weight is 161 g/mol. The SMILES string of the molecule is Cc1cnc(F)cc1C(F)F. The van der Waals surface area contributed by atoms with Gasteiger partial charge in [-0.1, -0.05) is 0 Å². The Bertz CT molecular complexity index is 260. The molecule has 0 aliphatic heterocycles. The van der Waals surface area contributed by atoms with E-state index in [0.717, 1.165) is 12.3 Å². The monoisotopic (exact) mass is 161 g/mol. The van der Waals surface area contributed by atoms with Gasteiger partial charge in [0.05, 0.1) is 0 Å². The van der Waals surface area contributed by atoms with Gasteiger partial charge in [-0.2, -0.15) is 4.39 Å². The van der Waals surface area contributed by atoms with E-state index in [2.05, 4.69) is 4.98 Å². The van der Waals surface area contributed by atoms with Gasteiger partial charge >= 0.3 is 0 Å². The number of aryl methyl sites for hydroxylation is 1. The highest BCUT2D eigenvalue weighted by Crippen LogP contribution is 2.21. The first-order valence-electron chi connectivity index (χ1n) is 3.01. The van der Waals surface area contributed by atoms with Gasteiger partial charge in [0.2, 0.25) is 5.95 Å². The Balaban J connectivity index is 3.13. The summed E-state index contributed by atoms with van der Waals surface area (Å²) in [6.45, 7) is 1.47. The van der Waals surface area contributed by atoms with Gasteiger partial charge in [0.1, 0.15) is 0 Å². The molecule has 0 amide bonds. The van der Waals surface area contributed by atoms with E-state index in [0.29, 0.717) is 5.56 Å². The molecule has 0 atom stereocenters. The standard InChI is InChI=1S/C7H6F3N/c1-4-3-11-6(8)2-5(4)7(9)10/h2-3,7H,1H3. The van der Waals surface area contributed by atoms with Crippen molar-refractivity contribution in [2.75, 3.05) is 0 Å². The molecule has 0 unspecified atom stereocenters. The minimum Gasteiger partial charge on any atom is -0.228 e. The van der Waals surface area contributed by atoms with Crippen LogP contribution in [0.4, 0.5) is 13.2 Å². The second-order valence-corrected chi connectivity index (χ2v) is 2.16. The molecule has 0 N–H and O–H groups in total. The van der Waals surface area contributed by atoms with E-state index >= 15 is 0 Å². The molecule has 60 valence electrons. The number of rotatable bonds is 1. The van der Waals surface area contributed by atoms with Crippen molar-refractivity contribution >= 4 is 0 Å². The zero-order chi connectivity index (χ0) is 8.43. The normalized spacial score (nSPS) is 10.6. The number of hydrogen-bond donors (Lipinski definition) is 0. The Morgan fingerprint density at radius 3 is 2.55 bits per heavy atom. The van der Waals surface area contributed by atoms with Crippen LogP contribution in [0.25, 0.3) is 0 Å². The van der Waals surface area contributed by atoms with Crippen LogP contribution in [0.5, 0.6) is 0 Å². The van der Waals surface area contributed by atoms with E-state index in [-0.39, 0.29) is 5.56 Å². The third-order valence-corrected chi connectivity index (χ3v) is 1.35. The van der Waals surface area contributed by atoms with Crippen molar-refractivity contribution in [1.82, 2.24) is 4.98 Å². The molecule has 1 aromatic rings. The zero-order valence-electron chi connectivity index (χ0n) is 5.81. The van der Waals surface area contributed by atoms with Crippen LogP contribution < -0.4 is 0 Å². The number of hydrogen-bond acceptors (Lipinski definition) is 1. The third kappa shape index (κ3) is 1.69. The Labute approximate surface area is 61.9 Å². The van der Waals surface area contributed by atoms with Crippen LogP contribution in [-0.2, 0) is 0 Å². The fourth-order valence-electron chi connectivity index (χ4n) is 0.748. The largest absolute Gasteiger partial charge is 0.264 e. The highest BCUT2D eigenvalue weighted by Gasteiger charge is 2.11. The van der Waals surface area contributed by atoms with Gasteiger partial charge in [-0.05, 0) is 12.5 Å². The Hall–Kier alpha value is -1.06.